The van der Waals surface area contributed by atoms with E-state index in [4.69, 9.17) is 9.47 Å². The molecule has 0 unspecified atom stereocenters. The summed E-state index contributed by atoms with van der Waals surface area (Å²) in [6.45, 7) is 2.07. The maximum atomic E-state index is 12.8. The second-order valence-corrected chi connectivity index (χ2v) is 7.35. The molecule has 3 rings (SSSR count). The van der Waals surface area contributed by atoms with Crippen LogP contribution in [0.1, 0.15) is 36.8 Å². The lowest BCUT2D eigenvalue weighted by atomic mass is 9.86. The molecular formula is C19H23N3O4S. The Morgan fingerprint density at radius 3 is 2.67 bits per heavy atom. The minimum absolute atomic E-state index is 0.130. The first-order valence-electron chi connectivity index (χ1n) is 8.75. The van der Waals surface area contributed by atoms with E-state index in [1.54, 1.807) is 24.9 Å². The molecule has 144 valence electrons. The number of aromatic nitrogens is 2. The molecule has 0 bridgehead atoms. The van der Waals surface area contributed by atoms with Crippen molar-refractivity contribution in [2.45, 2.75) is 30.8 Å². The van der Waals surface area contributed by atoms with E-state index in [9.17, 15) is 9.59 Å². The Hall–Kier alpha value is -2.48. The van der Waals surface area contributed by atoms with E-state index in [1.165, 1.54) is 11.8 Å². The number of benzene rings is 1. The second kappa shape index (κ2) is 8.04. The quantitative estimate of drug-likeness (QED) is 0.604. The smallest absolute Gasteiger partial charge is 0.279 e. The Labute approximate surface area is 162 Å². The van der Waals surface area contributed by atoms with E-state index in [1.807, 2.05) is 19.2 Å². The van der Waals surface area contributed by atoms with E-state index >= 15 is 0 Å². The van der Waals surface area contributed by atoms with Gasteiger partial charge in [0.15, 0.2) is 16.7 Å². The Balaban J connectivity index is 2.12. The molecule has 1 amide bonds. The Kier molecular flexibility index (Phi) is 5.74. The molecule has 1 atom stereocenters. The third kappa shape index (κ3) is 3.66. The molecular weight excluding hydrogens is 366 g/mol. The predicted molar refractivity (Wildman–Crippen MR) is 105 cm³/mol. The molecule has 1 aliphatic heterocycles. The molecule has 0 radical (unpaired) electrons. The van der Waals surface area contributed by atoms with Crippen molar-refractivity contribution in [2.24, 2.45) is 7.05 Å². The molecule has 2 heterocycles. The van der Waals surface area contributed by atoms with Crippen molar-refractivity contribution in [1.29, 1.82) is 0 Å². The van der Waals surface area contributed by atoms with Gasteiger partial charge < -0.3 is 19.4 Å². The summed E-state index contributed by atoms with van der Waals surface area (Å²) in [7, 11) is 4.94. The lowest BCUT2D eigenvalue weighted by Crippen LogP contribution is -2.33. The topological polar surface area (TPSA) is 82.5 Å². The zero-order valence-electron chi connectivity index (χ0n) is 15.9. The summed E-state index contributed by atoms with van der Waals surface area (Å²) in [4.78, 5) is 29.5. The van der Waals surface area contributed by atoms with Gasteiger partial charge in [0.2, 0.25) is 5.91 Å². The van der Waals surface area contributed by atoms with Gasteiger partial charge in [0.1, 0.15) is 5.82 Å². The van der Waals surface area contributed by atoms with Crippen LogP contribution in [0, 0.1) is 0 Å². The maximum Gasteiger partial charge on any atom is 0.279 e. The Morgan fingerprint density at radius 1 is 1.26 bits per heavy atom. The van der Waals surface area contributed by atoms with Crippen molar-refractivity contribution in [3.05, 3.63) is 39.7 Å². The molecule has 27 heavy (non-hydrogen) atoms. The van der Waals surface area contributed by atoms with Crippen molar-refractivity contribution in [2.75, 3.05) is 25.3 Å². The van der Waals surface area contributed by atoms with Gasteiger partial charge in [-0.25, -0.2) is 0 Å². The molecule has 0 spiro atoms. The summed E-state index contributed by atoms with van der Waals surface area (Å²) in [5.74, 6) is 2.01. The predicted octanol–water partition coefficient (Wildman–Crippen LogP) is 2.77. The lowest BCUT2D eigenvalue weighted by molar-refractivity contribution is -0.116. The normalized spacial score (nSPS) is 15.9. The molecule has 0 saturated heterocycles. The van der Waals surface area contributed by atoms with Crippen molar-refractivity contribution in [1.82, 2.24) is 9.55 Å². The average Bonchev–Trinajstić information content (AvgIpc) is 2.68. The van der Waals surface area contributed by atoms with Gasteiger partial charge in [-0.05, 0) is 24.1 Å². The van der Waals surface area contributed by atoms with Gasteiger partial charge in [0.25, 0.3) is 5.56 Å². The molecule has 1 aliphatic rings. The fourth-order valence-electron chi connectivity index (χ4n) is 3.21. The van der Waals surface area contributed by atoms with Crippen molar-refractivity contribution in [3.63, 3.8) is 0 Å². The van der Waals surface area contributed by atoms with Crippen LogP contribution in [0.4, 0.5) is 5.82 Å². The molecule has 0 fully saturated rings. The first-order chi connectivity index (χ1) is 13.0. The number of nitrogens with one attached hydrogen (secondary N) is 1. The standard InChI is InChI=1S/C19H23N3O4S/c1-5-8-27-19-21-18(24)16-12(10-15(23)20-17(16)22(19)2)11-6-7-13(25-3)14(9-11)26-4/h6-7,9,12H,5,8,10H2,1-4H3,(H,20,23)/t12-/m1/s1. The largest absolute Gasteiger partial charge is 0.493 e. The van der Waals surface area contributed by atoms with Crippen LogP contribution in [0.3, 0.4) is 0 Å². The number of hydrogen-bond acceptors (Lipinski definition) is 6. The van der Waals surface area contributed by atoms with Crippen molar-refractivity contribution in [3.8, 4) is 11.5 Å². The van der Waals surface area contributed by atoms with Crippen LogP contribution >= 0.6 is 11.8 Å². The molecule has 8 heteroatoms. The number of carbonyl (C=O) groups excluding carboxylic acids is 1. The van der Waals surface area contributed by atoms with Crippen LogP contribution < -0.4 is 20.3 Å². The molecule has 0 aliphatic carbocycles. The van der Waals surface area contributed by atoms with Crippen molar-refractivity contribution >= 4 is 23.5 Å². The van der Waals surface area contributed by atoms with Crippen LogP contribution in [0.2, 0.25) is 0 Å². The highest BCUT2D eigenvalue weighted by molar-refractivity contribution is 7.99. The van der Waals surface area contributed by atoms with Crippen molar-refractivity contribution < 1.29 is 14.3 Å². The lowest BCUT2D eigenvalue weighted by Gasteiger charge is -2.27. The zero-order chi connectivity index (χ0) is 19.6. The third-order valence-electron chi connectivity index (χ3n) is 4.55. The van der Waals surface area contributed by atoms with E-state index in [2.05, 4.69) is 17.2 Å². The fraction of sp³-hybridized carbons (Fsp3) is 0.421. The summed E-state index contributed by atoms with van der Waals surface area (Å²) >= 11 is 1.51. The number of ether oxygens (including phenoxy) is 2. The van der Waals surface area contributed by atoms with Crippen LogP contribution in [0.15, 0.2) is 28.2 Å². The van der Waals surface area contributed by atoms with Gasteiger partial charge >= 0.3 is 0 Å². The average molecular weight is 389 g/mol. The minimum atomic E-state index is -0.384. The number of carbonyl (C=O) groups is 1. The van der Waals surface area contributed by atoms with E-state index < -0.39 is 0 Å². The van der Waals surface area contributed by atoms with Gasteiger partial charge in [-0.1, -0.05) is 24.8 Å². The number of hydrogen-bond donors (Lipinski definition) is 1. The van der Waals surface area contributed by atoms with E-state index in [0.717, 1.165) is 17.7 Å². The minimum Gasteiger partial charge on any atom is -0.493 e. The van der Waals surface area contributed by atoms with E-state index in [0.29, 0.717) is 28.0 Å². The highest BCUT2D eigenvalue weighted by atomic mass is 32.2. The van der Waals surface area contributed by atoms with Crippen LogP contribution in [0.5, 0.6) is 11.5 Å². The number of amides is 1. The van der Waals surface area contributed by atoms with Gasteiger partial charge in [0.05, 0.1) is 19.8 Å². The van der Waals surface area contributed by atoms with Gasteiger partial charge in [-0.2, -0.15) is 4.98 Å². The van der Waals surface area contributed by atoms with Crippen LogP contribution in [-0.2, 0) is 11.8 Å². The van der Waals surface area contributed by atoms with Crippen LogP contribution in [-0.4, -0.2) is 35.4 Å². The highest BCUT2D eigenvalue weighted by Crippen LogP contribution is 2.39. The number of nitrogens with zero attached hydrogens (tertiary/aromatic N) is 2. The number of thioether (sulfide) groups is 1. The molecule has 1 aromatic heterocycles. The molecule has 1 aromatic carbocycles. The molecule has 2 aromatic rings. The van der Waals surface area contributed by atoms with E-state index in [-0.39, 0.29) is 23.8 Å². The highest BCUT2D eigenvalue weighted by Gasteiger charge is 2.32. The maximum absolute atomic E-state index is 12.8. The van der Waals surface area contributed by atoms with Gasteiger partial charge in [-0.3, -0.25) is 9.59 Å². The van der Waals surface area contributed by atoms with Crippen LogP contribution in [0.25, 0.3) is 0 Å². The number of methoxy groups -OCH3 is 2. The summed E-state index contributed by atoms with van der Waals surface area (Å²) in [6, 6.07) is 5.45. The summed E-state index contributed by atoms with van der Waals surface area (Å²) in [6.07, 6.45) is 1.15. The van der Waals surface area contributed by atoms with Gasteiger partial charge in [-0.15, -0.1) is 0 Å². The first kappa shape index (κ1) is 19.3. The molecule has 0 saturated carbocycles. The molecule has 1 N–H and O–H groups in total. The Morgan fingerprint density at radius 2 is 2.00 bits per heavy atom. The van der Waals surface area contributed by atoms with Gasteiger partial charge in [0, 0.05) is 25.1 Å². The second-order valence-electron chi connectivity index (χ2n) is 6.29. The number of fused-ring (bicyclic) bond motifs is 1. The monoisotopic (exact) mass is 389 g/mol. The zero-order valence-corrected chi connectivity index (χ0v) is 16.7. The SMILES string of the molecule is CCCSc1nc(=O)c2c(n1C)NC(=O)C[C@@H]2c1ccc(OC)c(OC)c1. The first-order valence-corrected chi connectivity index (χ1v) is 9.74. The fourth-order valence-corrected chi connectivity index (χ4v) is 4.03. The summed E-state index contributed by atoms with van der Waals surface area (Å²) in [5.41, 5.74) is 1.02. The molecule has 7 nitrogen and oxygen atoms in total. The number of anilines is 1. The number of rotatable bonds is 6. The third-order valence-corrected chi connectivity index (χ3v) is 5.78. The Bertz CT molecular complexity index is 926. The summed E-state index contributed by atoms with van der Waals surface area (Å²) < 4.78 is 12.4. The summed E-state index contributed by atoms with van der Waals surface area (Å²) in [5, 5.41) is 3.46.